The van der Waals surface area contributed by atoms with Crippen LogP contribution in [0.1, 0.15) is 69.4 Å². The van der Waals surface area contributed by atoms with Gasteiger partial charge in [0.2, 0.25) is 0 Å². The van der Waals surface area contributed by atoms with E-state index in [1.807, 2.05) is 6.33 Å². The molecule has 0 unspecified atom stereocenters. The highest BCUT2D eigenvalue weighted by atomic mass is 16.5. The molecule has 0 aliphatic heterocycles. The quantitative estimate of drug-likeness (QED) is 0.906. The Kier molecular flexibility index (Phi) is 5.31. The normalized spacial score (nSPS) is 27.9. The van der Waals surface area contributed by atoms with Crippen molar-refractivity contribution in [3.8, 4) is 0 Å². The van der Waals surface area contributed by atoms with Gasteiger partial charge < -0.3 is 15.0 Å². The summed E-state index contributed by atoms with van der Waals surface area (Å²) in [6.45, 7) is 1.74. The number of nitrogens with zero attached hydrogens (tertiary/aromatic N) is 2. The summed E-state index contributed by atoms with van der Waals surface area (Å²) in [6, 6.07) is 0.399. The van der Waals surface area contributed by atoms with Gasteiger partial charge in [-0.15, -0.1) is 0 Å². The fourth-order valence-electron chi connectivity index (χ4n) is 3.83. The molecule has 1 aromatic rings. The van der Waals surface area contributed by atoms with Crippen LogP contribution in [0.4, 0.5) is 0 Å². The Bertz CT molecular complexity index is 417. The molecule has 2 fully saturated rings. The highest BCUT2D eigenvalue weighted by molar-refractivity contribution is 5.07. The van der Waals surface area contributed by atoms with Crippen LogP contribution in [0.2, 0.25) is 0 Å². The van der Waals surface area contributed by atoms with E-state index in [9.17, 15) is 0 Å². The van der Waals surface area contributed by atoms with Crippen LogP contribution in [0.25, 0.3) is 0 Å². The first-order chi connectivity index (χ1) is 10.3. The number of rotatable bonds is 5. The van der Waals surface area contributed by atoms with Crippen LogP contribution < -0.4 is 5.73 Å². The van der Waals surface area contributed by atoms with E-state index in [1.165, 1.54) is 37.8 Å². The van der Waals surface area contributed by atoms with E-state index < -0.39 is 0 Å². The fourth-order valence-corrected chi connectivity index (χ4v) is 3.83. The van der Waals surface area contributed by atoms with Crippen LogP contribution in [0.5, 0.6) is 0 Å². The van der Waals surface area contributed by atoms with Gasteiger partial charge in [0.15, 0.2) is 0 Å². The maximum atomic E-state index is 6.04. The summed E-state index contributed by atoms with van der Waals surface area (Å²) in [5, 5.41) is 0. The molecule has 118 valence electrons. The summed E-state index contributed by atoms with van der Waals surface area (Å²) in [5.74, 6) is 0.717. The monoisotopic (exact) mass is 291 g/mol. The van der Waals surface area contributed by atoms with Gasteiger partial charge in [0.25, 0.3) is 0 Å². The second-order valence-electron chi connectivity index (χ2n) is 6.75. The highest BCUT2D eigenvalue weighted by Gasteiger charge is 2.20. The first kappa shape index (κ1) is 15.0. The summed E-state index contributed by atoms with van der Waals surface area (Å²) in [4.78, 5) is 4.36. The predicted molar refractivity (Wildman–Crippen MR) is 84.2 cm³/mol. The van der Waals surface area contributed by atoms with Gasteiger partial charge >= 0.3 is 0 Å². The van der Waals surface area contributed by atoms with E-state index in [1.54, 1.807) is 0 Å². The molecule has 3 rings (SSSR count). The number of ether oxygens (including phenoxy) is 1. The maximum absolute atomic E-state index is 6.04. The van der Waals surface area contributed by atoms with Gasteiger partial charge in [-0.25, -0.2) is 4.98 Å². The van der Waals surface area contributed by atoms with Crippen LogP contribution >= 0.6 is 0 Å². The molecule has 2 saturated carbocycles. The first-order valence-electron chi connectivity index (χ1n) is 8.70. The molecule has 2 aliphatic rings. The minimum Gasteiger partial charge on any atom is -0.376 e. The van der Waals surface area contributed by atoms with Crippen molar-refractivity contribution in [3.05, 3.63) is 18.2 Å². The van der Waals surface area contributed by atoms with Crippen LogP contribution in [-0.2, 0) is 11.3 Å². The molecule has 0 bridgehead atoms. The van der Waals surface area contributed by atoms with Gasteiger partial charge in [-0.3, -0.25) is 0 Å². The van der Waals surface area contributed by atoms with Crippen molar-refractivity contribution in [2.75, 3.05) is 6.61 Å². The Labute approximate surface area is 128 Å². The molecule has 0 radical (unpaired) electrons. The Balaban J connectivity index is 1.46. The minimum atomic E-state index is 0.399. The van der Waals surface area contributed by atoms with Gasteiger partial charge in [0.05, 0.1) is 19.0 Å². The summed E-state index contributed by atoms with van der Waals surface area (Å²) in [7, 11) is 0. The Morgan fingerprint density at radius 1 is 1.10 bits per heavy atom. The molecule has 0 spiro atoms. The van der Waals surface area contributed by atoms with Gasteiger partial charge in [0.1, 0.15) is 0 Å². The summed E-state index contributed by atoms with van der Waals surface area (Å²) < 4.78 is 8.35. The number of hydrogen-bond acceptors (Lipinski definition) is 3. The van der Waals surface area contributed by atoms with E-state index in [-0.39, 0.29) is 0 Å². The largest absolute Gasteiger partial charge is 0.376 e. The van der Waals surface area contributed by atoms with Crippen LogP contribution in [0, 0.1) is 0 Å². The number of imidazole rings is 1. The molecule has 2 N–H and O–H groups in total. The third kappa shape index (κ3) is 4.07. The lowest BCUT2D eigenvalue weighted by Gasteiger charge is -2.27. The van der Waals surface area contributed by atoms with Gasteiger partial charge in [-0.05, 0) is 38.5 Å². The molecule has 0 aromatic carbocycles. The van der Waals surface area contributed by atoms with E-state index >= 15 is 0 Å². The zero-order chi connectivity index (χ0) is 14.5. The number of nitrogens with two attached hydrogens (primary N) is 1. The predicted octanol–water partition coefficient (Wildman–Crippen LogP) is 3.22. The van der Waals surface area contributed by atoms with Crippen LogP contribution in [0.15, 0.2) is 12.5 Å². The second-order valence-corrected chi connectivity index (χ2v) is 6.75. The molecule has 4 nitrogen and oxygen atoms in total. The molecular formula is C17H29N3O. The zero-order valence-electron chi connectivity index (χ0n) is 13.0. The molecule has 4 heteroatoms. The van der Waals surface area contributed by atoms with Crippen molar-refractivity contribution in [2.24, 2.45) is 5.73 Å². The van der Waals surface area contributed by atoms with Gasteiger partial charge in [-0.1, -0.05) is 19.3 Å². The number of hydrogen-bond donors (Lipinski definition) is 1. The molecule has 1 heterocycles. The van der Waals surface area contributed by atoms with E-state index in [0.29, 0.717) is 18.1 Å². The SMILES string of the molecule is NC1CCC(OCCn2cncc2C2CCCCC2)CC1. The van der Waals surface area contributed by atoms with Crippen molar-refractivity contribution in [3.63, 3.8) is 0 Å². The van der Waals surface area contributed by atoms with E-state index in [0.717, 1.165) is 38.8 Å². The van der Waals surface area contributed by atoms with Crippen molar-refractivity contribution >= 4 is 0 Å². The average Bonchev–Trinajstić information content (AvgIpc) is 2.99. The standard InChI is InChI=1S/C17H29N3O/c18-15-6-8-16(9-7-15)21-11-10-20-13-19-12-17(20)14-4-2-1-3-5-14/h12-16H,1-11,18H2. The minimum absolute atomic E-state index is 0.399. The van der Waals surface area contributed by atoms with Gasteiger partial charge in [-0.2, -0.15) is 0 Å². The molecule has 2 aliphatic carbocycles. The van der Waals surface area contributed by atoms with Crippen LogP contribution in [-0.4, -0.2) is 28.3 Å². The highest BCUT2D eigenvalue weighted by Crippen LogP contribution is 2.32. The van der Waals surface area contributed by atoms with Crippen molar-refractivity contribution in [2.45, 2.75) is 82.4 Å². The fraction of sp³-hybridized carbons (Fsp3) is 0.824. The zero-order valence-corrected chi connectivity index (χ0v) is 13.0. The molecule has 0 amide bonds. The third-order valence-corrected chi connectivity index (χ3v) is 5.17. The summed E-state index contributed by atoms with van der Waals surface area (Å²) >= 11 is 0. The van der Waals surface area contributed by atoms with Crippen LogP contribution in [0.3, 0.4) is 0 Å². The molecule has 1 aromatic heterocycles. The first-order valence-corrected chi connectivity index (χ1v) is 8.70. The number of aromatic nitrogens is 2. The summed E-state index contributed by atoms with van der Waals surface area (Å²) in [5.41, 5.74) is 7.36. The molecule has 21 heavy (non-hydrogen) atoms. The lowest BCUT2D eigenvalue weighted by molar-refractivity contribution is 0.0206. The maximum Gasteiger partial charge on any atom is 0.0949 e. The van der Waals surface area contributed by atoms with Crippen molar-refractivity contribution < 1.29 is 4.74 Å². The van der Waals surface area contributed by atoms with Crippen molar-refractivity contribution in [1.29, 1.82) is 0 Å². The topological polar surface area (TPSA) is 53.1 Å². The lowest BCUT2D eigenvalue weighted by Crippen LogP contribution is -2.30. The molecule has 0 atom stereocenters. The third-order valence-electron chi connectivity index (χ3n) is 5.17. The Morgan fingerprint density at radius 3 is 2.62 bits per heavy atom. The second kappa shape index (κ2) is 7.41. The average molecular weight is 291 g/mol. The van der Waals surface area contributed by atoms with E-state index in [4.69, 9.17) is 10.5 Å². The van der Waals surface area contributed by atoms with E-state index in [2.05, 4.69) is 15.7 Å². The van der Waals surface area contributed by atoms with Crippen molar-refractivity contribution in [1.82, 2.24) is 9.55 Å². The summed E-state index contributed by atoms with van der Waals surface area (Å²) in [6.07, 6.45) is 15.7. The smallest absolute Gasteiger partial charge is 0.0949 e. The molecule has 0 saturated heterocycles. The Morgan fingerprint density at radius 2 is 1.86 bits per heavy atom. The lowest BCUT2D eigenvalue weighted by atomic mass is 9.87. The molecular weight excluding hydrogens is 262 g/mol. The Hall–Kier alpha value is -0.870. The van der Waals surface area contributed by atoms with Gasteiger partial charge in [0, 0.05) is 30.4 Å².